The smallest absolute Gasteiger partial charge is 0.210 e. The number of rotatable bonds is 4. The van der Waals surface area contributed by atoms with Gasteiger partial charge in [-0.25, -0.2) is 8.42 Å². The van der Waals surface area contributed by atoms with Crippen LogP contribution in [0, 0.1) is 0 Å². The van der Waals surface area contributed by atoms with E-state index in [4.69, 9.17) is 23.2 Å². The summed E-state index contributed by atoms with van der Waals surface area (Å²) in [7, 11) is -3.76. The fourth-order valence-electron chi connectivity index (χ4n) is 2.97. The first-order valence-corrected chi connectivity index (χ1v) is 10.3. The van der Waals surface area contributed by atoms with E-state index in [1.54, 1.807) is 60.9 Å². The van der Waals surface area contributed by atoms with Crippen LogP contribution in [0.2, 0.25) is 10.0 Å². The van der Waals surface area contributed by atoms with Gasteiger partial charge in [0, 0.05) is 46.0 Å². The Morgan fingerprint density at radius 1 is 0.593 bits per heavy atom. The standard InChI is InChI=1S/C20H14Cl2N2O2S/c21-15-5-1-13(2-6-15)17-9-23-11-19(17)27(25,26)20-12-24-10-18(20)14-3-7-16(22)8-4-14/h1-12,23-24H. The molecule has 0 aliphatic heterocycles. The molecule has 0 unspecified atom stereocenters. The normalized spacial score (nSPS) is 11.6. The molecule has 0 amide bonds. The fraction of sp³-hybridized carbons (Fsp3) is 0. The van der Waals surface area contributed by atoms with Crippen LogP contribution in [0.4, 0.5) is 0 Å². The van der Waals surface area contributed by atoms with Crippen LogP contribution in [-0.4, -0.2) is 18.4 Å². The summed E-state index contributed by atoms with van der Waals surface area (Å²) in [5.41, 5.74) is 2.72. The zero-order valence-electron chi connectivity index (χ0n) is 13.9. The molecule has 136 valence electrons. The summed E-state index contributed by atoms with van der Waals surface area (Å²) in [5.74, 6) is 0. The third-order valence-electron chi connectivity index (χ3n) is 4.30. The topological polar surface area (TPSA) is 65.7 Å². The highest BCUT2D eigenvalue weighted by molar-refractivity contribution is 7.91. The van der Waals surface area contributed by atoms with Crippen molar-refractivity contribution in [2.24, 2.45) is 0 Å². The summed E-state index contributed by atoms with van der Waals surface area (Å²) >= 11 is 11.9. The van der Waals surface area contributed by atoms with Crippen molar-refractivity contribution >= 4 is 33.0 Å². The molecule has 0 radical (unpaired) electrons. The summed E-state index contributed by atoms with van der Waals surface area (Å²) in [5, 5.41) is 1.18. The van der Waals surface area contributed by atoms with E-state index in [1.807, 2.05) is 0 Å². The summed E-state index contributed by atoms with van der Waals surface area (Å²) in [4.78, 5) is 6.23. The first-order chi connectivity index (χ1) is 13.0. The Kier molecular flexibility index (Phi) is 4.60. The highest BCUT2D eigenvalue weighted by atomic mass is 35.5. The second-order valence-corrected chi connectivity index (χ2v) is 8.74. The molecule has 7 heteroatoms. The molecular weight excluding hydrogens is 403 g/mol. The van der Waals surface area contributed by atoms with E-state index in [-0.39, 0.29) is 9.79 Å². The van der Waals surface area contributed by atoms with Gasteiger partial charge in [-0.05, 0) is 35.4 Å². The minimum atomic E-state index is -3.76. The fourth-order valence-corrected chi connectivity index (χ4v) is 4.84. The van der Waals surface area contributed by atoms with Crippen molar-refractivity contribution in [3.8, 4) is 22.3 Å². The van der Waals surface area contributed by atoms with Crippen LogP contribution in [0.25, 0.3) is 22.3 Å². The summed E-state index contributed by atoms with van der Waals surface area (Å²) < 4.78 is 26.8. The summed E-state index contributed by atoms with van der Waals surface area (Å²) in [6.07, 6.45) is 6.34. The molecule has 0 aliphatic carbocycles. The van der Waals surface area contributed by atoms with Crippen LogP contribution in [0.3, 0.4) is 0 Å². The molecular formula is C20H14Cl2N2O2S. The van der Waals surface area contributed by atoms with E-state index in [9.17, 15) is 8.42 Å². The highest BCUT2D eigenvalue weighted by Crippen LogP contribution is 2.36. The van der Waals surface area contributed by atoms with Crippen molar-refractivity contribution in [3.05, 3.63) is 83.4 Å². The summed E-state index contributed by atoms with van der Waals surface area (Å²) in [6.45, 7) is 0. The van der Waals surface area contributed by atoms with E-state index in [2.05, 4.69) is 9.97 Å². The maximum Gasteiger partial charge on any atom is 0.210 e. The largest absolute Gasteiger partial charge is 0.366 e. The Morgan fingerprint density at radius 3 is 1.33 bits per heavy atom. The number of benzene rings is 2. The highest BCUT2D eigenvalue weighted by Gasteiger charge is 2.27. The van der Waals surface area contributed by atoms with Gasteiger partial charge in [-0.2, -0.15) is 0 Å². The number of aromatic nitrogens is 2. The number of aromatic amines is 2. The van der Waals surface area contributed by atoms with Crippen molar-refractivity contribution in [2.45, 2.75) is 9.79 Å². The Morgan fingerprint density at radius 2 is 0.963 bits per heavy atom. The quantitative estimate of drug-likeness (QED) is 0.440. The third-order valence-corrected chi connectivity index (χ3v) is 6.64. The molecule has 0 atom stereocenters. The van der Waals surface area contributed by atoms with Crippen molar-refractivity contribution in [2.75, 3.05) is 0 Å². The minimum Gasteiger partial charge on any atom is -0.366 e. The molecule has 4 nitrogen and oxygen atoms in total. The molecule has 0 fully saturated rings. The van der Waals surface area contributed by atoms with Gasteiger partial charge in [0.25, 0.3) is 0 Å². The molecule has 0 bridgehead atoms. The average molecular weight is 417 g/mol. The molecule has 2 aromatic heterocycles. The van der Waals surface area contributed by atoms with Gasteiger partial charge in [0.05, 0.1) is 9.79 Å². The van der Waals surface area contributed by atoms with Gasteiger partial charge < -0.3 is 9.97 Å². The van der Waals surface area contributed by atoms with Crippen LogP contribution in [0.1, 0.15) is 0 Å². The second kappa shape index (κ2) is 6.93. The van der Waals surface area contributed by atoms with Crippen molar-refractivity contribution in [1.82, 2.24) is 9.97 Å². The van der Waals surface area contributed by atoms with Crippen molar-refractivity contribution < 1.29 is 8.42 Å². The number of hydrogen-bond acceptors (Lipinski definition) is 2. The molecule has 0 spiro atoms. The predicted octanol–water partition coefficient (Wildman–Crippen LogP) is 5.82. The van der Waals surface area contributed by atoms with Gasteiger partial charge in [0.15, 0.2) is 0 Å². The molecule has 4 rings (SSSR count). The lowest BCUT2D eigenvalue weighted by Gasteiger charge is -2.08. The third kappa shape index (κ3) is 3.30. The van der Waals surface area contributed by atoms with Gasteiger partial charge in [0.2, 0.25) is 9.84 Å². The first-order valence-electron chi connectivity index (χ1n) is 8.07. The number of nitrogens with one attached hydrogen (secondary N) is 2. The van der Waals surface area contributed by atoms with Gasteiger partial charge in [-0.3, -0.25) is 0 Å². The molecule has 0 saturated carbocycles. The zero-order valence-corrected chi connectivity index (χ0v) is 16.2. The molecule has 2 aromatic carbocycles. The van der Waals surface area contributed by atoms with Crippen molar-refractivity contribution in [3.63, 3.8) is 0 Å². The van der Waals surface area contributed by atoms with Gasteiger partial charge >= 0.3 is 0 Å². The van der Waals surface area contributed by atoms with E-state index < -0.39 is 9.84 Å². The van der Waals surface area contributed by atoms with E-state index >= 15 is 0 Å². The van der Waals surface area contributed by atoms with Crippen LogP contribution in [0.5, 0.6) is 0 Å². The maximum atomic E-state index is 13.4. The first kappa shape index (κ1) is 17.9. The average Bonchev–Trinajstić information content (AvgIpc) is 3.33. The van der Waals surface area contributed by atoms with E-state index in [0.29, 0.717) is 21.2 Å². The number of hydrogen-bond donors (Lipinski definition) is 2. The van der Waals surface area contributed by atoms with E-state index in [0.717, 1.165) is 11.1 Å². The molecule has 0 aliphatic rings. The lowest BCUT2D eigenvalue weighted by atomic mass is 10.1. The molecule has 2 heterocycles. The summed E-state index contributed by atoms with van der Waals surface area (Å²) in [6, 6.07) is 14.1. The van der Waals surface area contributed by atoms with Crippen LogP contribution in [0.15, 0.2) is 83.1 Å². The Labute approximate surface area is 166 Å². The SMILES string of the molecule is O=S(=O)(c1c[nH]cc1-c1ccc(Cl)cc1)c1c[nH]cc1-c1ccc(Cl)cc1. The molecule has 2 N–H and O–H groups in total. The predicted molar refractivity (Wildman–Crippen MR) is 108 cm³/mol. The Hall–Kier alpha value is -2.47. The number of halogens is 2. The number of H-pyrrole nitrogens is 2. The molecule has 0 saturated heterocycles. The Balaban J connectivity index is 1.83. The molecule has 4 aromatic rings. The lowest BCUT2D eigenvalue weighted by Crippen LogP contribution is -2.02. The number of sulfone groups is 1. The lowest BCUT2D eigenvalue weighted by molar-refractivity contribution is 0.597. The molecule has 27 heavy (non-hydrogen) atoms. The van der Waals surface area contributed by atoms with Crippen molar-refractivity contribution in [1.29, 1.82) is 0 Å². The van der Waals surface area contributed by atoms with Gasteiger partial charge in [-0.1, -0.05) is 47.5 Å². The van der Waals surface area contributed by atoms with Crippen LogP contribution < -0.4 is 0 Å². The monoisotopic (exact) mass is 416 g/mol. The van der Waals surface area contributed by atoms with Crippen LogP contribution >= 0.6 is 23.2 Å². The second-order valence-electron chi connectivity index (χ2n) is 5.98. The maximum absolute atomic E-state index is 13.4. The van der Waals surface area contributed by atoms with Gasteiger partial charge in [-0.15, -0.1) is 0 Å². The van der Waals surface area contributed by atoms with E-state index in [1.165, 1.54) is 12.4 Å². The Bertz CT molecular complexity index is 1100. The van der Waals surface area contributed by atoms with Crippen LogP contribution in [-0.2, 0) is 9.84 Å². The van der Waals surface area contributed by atoms with Gasteiger partial charge in [0.1, 0.15) is 0 Å². The minimum absolute atomic E-state index is 0.208. The zero-order chi connectivity index (χ0) is 19.0.